The minimum absolute atomic E-state index is 0.0619. The molecular weight excluding hydrogens is 180 g/mol. The maximum absolute atomic E-state index is 11.1. The zero-order valence-electron chi connectivity index (χ0n) is 7.86. The lowest BCUT2D eigenvalue weighted by atomic mass is 10.2. The second-order valence-corrected chi connectivity index (χ2v) is 2.56. The summed E-state index contributed by atoms with van der Waals surface area (Å²) >= 11 is 0. The Kier molecular flexibility index (Phi) is 3.62. The van der Waals surface area contributed by atoms with Crippen molar-refractivity contribution in [2.75, 3.05) is 6.61 Å². The van der Waals surface area contributed by atoms with Gasteiger partial charge in [0.15, 0.2) is 0 Å². The topological polar surface area (TPSA) is 43.5 Å². The molecule has 0 aliphatic heterocycles. The number of rotatable bonds is 3. The van der Waals surface area contributed by atoms with Crippen LogP contribution in [0.4, 0.5) is 5.69 Å². The zero-order chi connectivity index (χ0) is 10.4. The van der Waals surface area contributed by atoms with Crippen LogP contribution in [0.5, 0.6) is 0 Å². The fourth-order valence-electron chi connectivity index (χ4n) is 1.02. The third-order valence-electron chi connectivity index (χ3n) is 1.60. The van der Waals surface area contributed by atoms with E-state index in [1.165, 1.54) is 0 Å². The van der Waals surface area contributed by atoms with Gasteiger partial charge in [0, 0.05) is 6.20 Å². The van der Waals surface area contributed by atoms with Crippen LogP contribution >= 0.6 is 0 Å². The maximum atomic E-state index is 11.1. The molecule has 1 rings (SSSR count). The smallest absolute Gasteiger partial charge is 0.310 e. The Labute approximate surface area is 82.4 Å². The lowest BCUT2D eigenvalue weighted by molar-refractivity contribution is -0.142. The van der Waals surface area contributed by atoms with Crippen molar-refractivity contribution in [2.45, 2.75) is 13.3 Å². The second-order valence-electron chi connectivity index (χ2n) is 2.56. The molecule has 0 fully saturated rings. The van der Waals surface area contributed by atoms with E-state index in [0.29, 0.717) is 18.0 Å². The first kappa shape index (κ1) is 10.2. The minimum atomic E-state index is -0.351. The van der Waals surface area contributed by atoms with Gasteiger partial charge in [0.25, 0.3) is 0 Å². The highest BCUT2D eigenvalue weighted by Crippen LogP contribution is 2.16. The average Bonchev–Trinajstić information content (AvgIpc) is 2.19. The molecule has 1 heterocycles. The SMILES string of the molecule is [C-]#[N+]c1cccnc1CC(=O)OCC. The molecule has 0 aliphatic carbocycles. The summed E-state index contributed by atoms with van der Waals surface area (Å²) in [5.41, 5.74) is 0.876. The van der Waals surface area contributed by atoms with Crippen molar-refractivity contribution in [1.29, 1.82) is 0 Å². The first-order chi connectivity index (χ1) is 6.77. The average molecular weight is 190 g/mol. The van der Waals surface area contributed by atoms with Gasteiger partial charge in [0.2, 0.25) is 5.69 Å². The van der Waals surface area contributed by atoms with Crippen molar-refractivity contribution in [1.82, 2.24) is 4.98 Å². The summed E-state index contributed by atoms with van der Waals surface area (Å²) in [6.45, 7) is 8.95. The Morgan fingerprint density at radius 3 is 3.14 bits per heavy atom. The summed E-state index contributed by atoms with van der Waals surface area (Å²) in [6, 6.07) is 3.30. The zero-order valence-corrected chi connectivity index (χ0v) is 7.86. The number of aromatic nitrogens is 1. The maximum Gasteiger partial charge on any atom is 0.310 e. The van der Waals surface area contributed by atoms with Crippen molar-refractivity contribution in [2.24, 2.45) is 0 Å². The number of nitrogens with zero attached hydrogens (tertiary/aromatic N) is 2. The summed E-state index contributed by atoms with van der Waals surface area (Å²) in [4.78, 5) is 18.3. The number of pyridine rings is 1. The molecule has 4 heteroatoms. The van der Waals surface area contributed by atoms with Crippen LogP contribution < -0.4 is 0 Å². The van der Waals surface area contributed by atoms with Crippen molar-refractivity contribution in [3.63, 3.8) is 0 Å². The Morgan fingerprint density at radius 2 is 2.50 bits per heavy atom. The molecule has 4 nitrogen and oxygen atoms in total. The normalized spacial score (nSPS) is 9.14. The van der Waals surface area contributed by atoms with Gasteiger partial charge in [-0.3, -0.25) is 9.78 Å². The van der Waals surface area contributed by atoms with Crippen LogP contribution in [0, 0.1) is 6.57 Å². The van der Waals surface area contributed by atoms with Gasteiger partial charge in [0.05, 0.1) is 25.3 Å². The number of carbonyl (C=O) groups excluding carboxylic acids is 1. The van der Waals surface area contributed by atoms with Gasteiger partial charge in [-0.15, -0.1) is 0 Å². The number of carbonyl (C=O) groups is 1. The van der Waals surface area contributed by atoms with Crippen molar-refractivity contribution in [3.05, 3.63) is 35.4 Å². The molecule has 0 saturated heterocycles. The highest BCUT2D eigenvalue weighted by Gasteiger charge is 2.08. The van der Waals surface area contributed by atoms with E-state index in [-0.39, 0.29) is 12.4 Å². The van der Waals surface area contributed by atoms with Gasteiger partial charge in [-0.05, 0) is 6.92 Å². The Balaban J connectivity index is 2.77. The van der Waals surface area contributed by atoms with Gasteiger partial charge in [-0.25, -0.2) is 4.85 Å². The molecule has 0 spiro atoms. The number of ether oxygens (including phenoxy) is 1. The van der Waals surface area contributed by atoms with Gasteiger partial charge in [-0.1, -0.05) is 12.1 Å². The predicted molar refractivity (Wildman–Crippen MR) is 50.8 cm³/mol. The lowest BCUT2D eigenvalue weighted by Gasteiger charge is -2.02. The Hall–Kier alpha value is -1.89. The molecule has 72 valence electrons. The highest BCUT2D eigenvalue weighted by atomic mass is 16.5. The van der Waals surface area contributed by atoms with Gasteiger partial charge >= 0.3 is 5.97 Å². The standard InChI is InChI=1S/C10H10N2O2/c1-3-14-10(13)7-9-8(11-2)5-4-6-12-9/h4-6H,3,7H2,1H3. The van der Waals surface area contributed by atoms with Crippen LogP contribution in [-0.2, 0) is 16.0 Å². The van der Waals surface area contributed by atoms with Gasteiger partial charge in [0.1, 0.15) is 0 Å². The summed E-state index contributed by atoms with van der Waals surface area (Å²) in [6.07, 6.45) is 1.62. The van der Waals surface area contributed by atoms with E-state index in [4.69, 9.17) is 11.3 Å². The molecule has 0 amide bonds. The first-order valence-electron chi connectivity index (χ1n) is 4.25. The van der Waals surface area contributed by atoms with Crippen molar-refractivity contribution in [3.8, 4) is 0 Å². The van der Waals surface area contributed by atoms with E-state index in [1.54, 1.807) is 25.3 Å². The van der Waals surface area contributed by atoms with E-state index in [1.807, 2.05) is 0 Å². The van der Waals surface area contributed by atoms with Crippen LogP contribution in [-0.4, -0.2) is 17.6 Å². The number of hydrogen-bond donors (Lipinski definition) is 0. The van der Waals surface area contributed by atoms with Crippen LogP contribution in [0.15, 0.2) is 18.3 Å². The summed E-state index contributed by atoms with van der Waals surface area (Å²) in [7, 11) is 0. The molecule has 0 aromatic carbocycles. The number of esters is 1. The molecule has 14 heavy (non-hydrogen) atoms. The third kappa shape index (κ3) is 2.56. The first-order valence-corrected chi connectivity index (χ1v) is 4.25. The molecule has 0 N–H and O–H groups in total. The van der Waals surface area contributed by atoms with E-state index < -0.39 is 0 Å². The Bertz CT molecular complexity index is 369. The summed E-state index contributed by atoms with van der Waals surface area (Å²) < 4.78 is 4.76. The van der Waals surface area contributed by atoms with Crippen LogP contribution in [0.2, 0.25) is 0 Å². The molecule has 0 bridgehead atoms. The van der Waals surface area contributed by atoms with E-state index in [2.05, 4.69) is 9.83 Å². The van der Waals surface area contributed by atoms with Crippen LogP contribution in [0.25, 0.3) is 4.85 Å². The molecule has 1 aromatic heterocycles. The van der Waals surface area contributed by atoms with Crippen LogP contribution in [0.3, 0.4) is 0 Å². The lowest BCUT2D eigenvalue weighted by Crippen LogP contribution is -2.08. The monoisotopic (exact) mass is 190 g/mol. The molecule has 0 saturated carbocycles. The largest absolute Gasteiger partial charge is 0.466 e. The number of hydrogen-bond acceptors (Lipinski definition) is 3. The quantitative estimate of drug-likeness (QED) is 0.538. The second kappa shape index (κ2) is 4.97. The molecule has 0 aliphatic rings. The van der Waals surface area contributed by atoms with Gasteiger partial charge < -0.3 is 4.74 Å². The van der Waals surface area contributed by atoms with Crippen LogP contribution in [0.1, 0.15) is 12.6 Å². The molecule has 1 aromatic rings. The van der Waals surface area contributed by atoms with E-state index in [0.717, 1.165) is 0 Å². The summed E-state index contributed by atoms with van der Waals surface area (Å²) in [5.74, 6) is -0.351. The van der Waals surface area contributed by atoms with Gasteiger partial charge in [-0.2, -0.15) is 0 Å². The molecular formula is C10H10N2O2. The molecule has 0 radical (unpaired) electrons. The van der Waals surface area contributed by atoms with E-state index in [9.17, 15) is 4.79 Å². The fourth-order valence-corrected chi connectivity index (χ4v) is 1.02. The van der Waals surface area contributed by atoms with Crippen molar-refractivity contribution >= 4 is 11.7 Å². The highest BCUT2D eigenvalue weighted by molar-refractivity contribution is 5.74. The van der Waals surface area contributed by atoms with E-state index >= 15 is 0 Å². The minimum Gasteiger partial charge on any atom is -0.466 e. The van der Waals surface area contributed by atoms with Crippen molar-refractivity contribution < 1.29 is 9.53 Å². The fraction of sp³-hybridized carbons (Fsp3) is 0.300. The third-order valence-corrected chi connectivity index (χ3v) is 1.60. The Morgan fingerprint density at radius 1 is 1.71 bits per heavy atom. The molecule has 0 unspecified atom stereocenters. The predicted octanol–water partition coefficient (Wildman–Crippen LogP) is 1.74. The summed E-state index contributed by atoms with van der Waals surface area (Å²) in [5, 5.41) is 0. The molecule has 0 atom stereocenters.